The molecule has 4 aromatic rings. The molecule has 2 aliphatic rings. The van der Waals surface area contributed by atoms with E-state index in [4.69, 9.17) is 23.2 Å². The molecule has 186 valence electrons. The number of fused-ring (bicyclic) bond motifs is 2. The molecule has 3 aromatic heterocycles. The smallest absolute Gasteiger partial charge is 0.272 e. The molecule has 5 heterocycles. The normalized spacial score (nSPS) is 17.2. The number of allylic oxidation sites excluding steroid dienone is 1. The van der Waals surface area contributed by atoms with E-state index in [1.165, 1.54) is 24.4 Å². The summed E-state index contributed by atoms with van der Waals surface area (Å²) in [6.45, 7) is 1.83. The number of aliphatic imine (C=N–C) groups is 1. The van der Waals surface area contributed by atoms with Gasteiger partial charge in [0.2, 0.25) is 18.0 Å². The van der Waals surface area contributed by atoms with Crippen LogP contribution < -0.4 is 5.56 Å². The SMILES string of the molecule is O=C(C1=NC=CCC1=[N+]1CCn2cnnc2C1)c1cc(Cc2c[nH]c(=O)c3cc(Cl)c(Cl)n23)ccc1F. The Labute approximate surface area is 219 Å². The number of nitrogens with one attached hydrogen (secondary N) is 1. The topological polar surface area (TPSA) is 100 Å². The zero-order valence-electron chi connectivity index (χ0n) is 19.3. The van der Waals surface area contributed by atoms with Crippen LogP contribution in [0.25, 0.3) is 5.52 Å². The fraction of sp³-hybridized carbons (Fsp3) is 0.200. The molecule has 6 rings (SSSR count). The lowest BCUT2D eigenvalue weighted by molar-refractivity contribution is -0.552. The van der Waals surface area contributed by atoms with Crippen molar-refractivity contribution in [2.75, 3.05) is 6.54 Å². The van der Waals surface area contributed by atoms with Crippen molar-refractivity contribution in [2.24, 2.45) is 4.99 Å². The number of rotatable bonds is 4. The number of benzene rings is 1. The van der Waals surface area contributed by atoms with Crippen LogP contribution >= 0.6 is 23.2 Å². The number of hydrogen-bond acceptors (Lipinski definition) is 5. The number of aromatic nitrogens is 5. The number of carbonyl (C=O) groups is 1. The molecule has 1 aromatic carbocycles. The molecule has 0 saturated carbocycles. The lowest BCUT2D eigenvalue weighted by Crippen LogP contribution is -2.38. The Bertz CT molecular complexity index is 1750. The van der Waals surface area contributed by atoms with Crippen LogP contribution in [0, 0.1) is 5.82 Å². The van der Waals surface area contributed by atoms with Crippen LogP contribution in [0.4, 0.5) is 4.39 Å². The van der Waals surface area contributed by atoms with Crippen LogP contribution in [0.1, 0.15) is 33.9 Å². The summed E-state index contributed by atoms with van der Waals surface area (Å²) in [6.07, 6.45) is 7.42. The van der Waals surface area contributed by atoms with Crippen molar-refractivity contribution in [3.63, 3.8) is 0 Å². The highest BCUT2D eigenvalue weighted by molar-refractivity contribution is 6.69. The minimum atomic E-state index is -0.641. The van der Waals surface area contributed by atoms with Gasteiger partial charge < -0.3 is 9.55 Å². The van der Waals surface area contributed by atoms with Gasteiger partial charge in [0.1, 0.15) is 22.8 Å². The summed E-state index contributed by atoms with van der Waals surface area (Å²) in [5, 5.41) is 8.55. The van der Waals surface area contributed by atoms with Gasteiger partial charge in [0.05, 0.1) is 23.6 Å². The number of Topliss-reactive ketones (excluding diaryl/α,β-unsaturated/α-hetero) is 1. The van der Waals surface area contributed by atoms with E-state index in [2.05, 4.69) is 20.2 Å². The van der Waals surface area contributed by atoms with Gasteiger partial charge >= 0.3 is 0 Å². The first-order chi connectivity index (χ1) is 17.9. The molecule has 0 aliphatic carbocycles. The Morgan fingerprint density at radius 2 is 2.11 bits per heavy atom. The average Bonchev–Trinajstić information content (AvgIpc) is 3.50. The highest BCUT2D eigenvalue weighted by Gasteiger charge is 2.32. The number of nitrogens with zero attached hydrogens (tertiary/aromatic N) is 6. The maximum atomic E-state index is 15.0. The first-order valence-electron chi connectivity index (χ1n) is 11.5. The summed E-state index contributed by atoms with van der Waals surface area (Å²) in [5.74, 6) is -0.346. The van der Waals surface area contributed by atoms with Gasteiger partial charge in [0.25, 0.3) is 5.56 Å². The van der Waals surface area contributed by atoms with Gasteiger partial charge in [-0.2, -0.15) is 0 Å². The van der Waals surface area contributed by atoms with Gasteiger partial charge in [-0.1, -0.05) is 35.3 Å². The summed E-state index contributed by atoms with van der Waals surface area (Å²) in [7, 11) is 0. The largest absolute Gasteiger partial charge is 0.326 e. The van der Waals surface area contributed by atoms with Gasteiger partial charge in [-0.25, -0.2) is 14.0 Å². The highest BCUT2D eigenvalue weighted by atomic mass is 35.5. The lowest BCUT2D eigenvalue weighted by atomic mass is 9.96. The number of hydrogen-bond donors (Lipinski definition) is 1. The average molecular weight is 539 g/mol. The molecular weight excluding hydrogens is 520 g/mol. The third-order valence-electron chi connectivity index (χ3n) is 6.58. The van der Waals surface area contributed by atoms with E-state index < -0.39 is 11.6 Å². The lowest BCUT2D eigenvalue weighted by Gasteiger charge is -2.17. The maximum Gasteiger partial charge on any atom is 0.272 e. The molecule has 0 fully saturated rings. The van der Waals surface area contributed by atoms with Crippen molar-refractivity contribution < 1.29 is 13.8 Å². The van der Waals surface area contributed by atoms with Gasteiger partial charge in [0.15, 0.2) is 18.1 Å². The monoisotopic (exact) mass is 538 g/mol. The molecule has 0 amide bonds. The Kier molecular flexibility index (Phi) is 5.85. The summed E-state index contributed by atoms with van der Waals surface area (Å²) in [4.78, 5) is 32.8. The second-order valence-corrected chi connectivity index (χ2v) is 9.57. The fourth-order valence-corrected chi connectivity index (χ4v) is 5.19. The van der Waals surface area contributed by atoms with Crippen molar-refractivity contribution in [1.82, 2.24) is 24.1 Å². The molecule has 0 unspecified atom stereocenters. The van der Waals surface area contributed by atoms with Crippen molar-refractivity contribution >= 4 is 45.9 Å². The molecule has 0 saturated heterocycles. The third-order valence-corrected chi connectivity index (χ3v) is 7.33. The molecule has 0 spiro atoms. The molecule has 0 radical (unpaired) electrons. The molecule has 0 bridgehead atoms. The maximum absolute atomic E-state index is 15.0. The van der Waals surface area contributed by atoms with E-state index >= 15 is 0 Å². The Balaban J connectivity index is 1.36. The minimum absolute atomic E-state index is 0.0819. The first kappa shape index (κ1) is 23.5. The van der Waals surface area contributed by atoms with Gasteiger partial charge in [-0.3, -0.25) is 14.0 Å². The van der Waals surface area contributed by atoms with Gasteiger partial charge in [-0.15, -0.1) is 10.2 Å². The summed E-state index contributed by atoms with van der Waals surface area (Å²) in [6, 6.07) is 5.85. The number of halogens is 3. The second kappa shape index (κ2) is 9.20. The Morgan fingerprint density at radius 3 is 2.97 bits per heavy atom. The zero-order chi connectivity index (χ0) is 25.7. The number of H-pyrrole nitrogens is 1. The molecule has 2 aliphatic heterocycles. The van der Waals surface area contributed by atoms with E-state index in [9.17, 15) is 14.0 Å². The molecule has 37 heavy (non-hydrogen) atoms. The molecule has 0 atom stereocenters. The van der Waals surface area contributed by atoms with Crippen LogP contribution in [-0.4, -0.2) is 52.5 Å². The van der Waals surface area contributed by atoms with E-state index in [1.54, 1.807) is 23.0 Å². The minimum Gasteiger partial charge on any atom is -0.326 e. The predicted octanol–water partition coefficient (Wildman–Crippen LogP) is 3.46. The molecule has 1 N–H and O–H groups in total. The fourth-order valence-electron chi connectivity index (χ4n) is 4.74. The highest BCUT2D eigenvalue weighted by Crippen LogP contribution is 2.27. The van der Waals surface area contributed by atoms with E-state index in [1.807, 2.05) is 15.2 Å². The van der Waals surface area contributed by atoms with E-state index in [0.717, 1.165) is 11.5 Å². The van der Waals surface area contributed by atoms with Gasteiger partial charge in [-0.05, 0) is 23.8 Å². The second-order valence-electron chi connectivity index (χ2n) is 8.81. The van der Waals surface area contributed by atoms with E-state index in [-0.39, 0.29) is 33.4 Å². The third kappa shape index (κ3) is 4.11. The zero-order valence-corrected chi connectivity index (χ0v) is 20.8. The molecular formula is C25H19Cl2FN7O2+. The van der Waals surface area contributed by atoms with Crippen LogP contribution in [0.5, 0.6) is 0 Å². The van der Waals surface area contributed by atoms with Crippen molar-refractivity contribution in [3.8, 4) is 0 Å². The van der Waals surface area contributed by atoms with E-state index in [0.29, 0.717) is 42.8 Å². The van der Waals surface area contributed by atoms with Crippen LogP contribution in [0.15, 0.2) is 58.9 Å². The predicted molar refractivity (Wildman–Crippen MR) is 137 cm³/mol. The Hall–Kier alpha value is -3.89. The Morgan fingerprint density at radius 1 is 1.24 bits per heavy atom. The summed E-state index contributed by atoms with van der Waals surface area (Å²) < 4.78 is 20.5. The van der Waals surface area contributed by atoms with Crippen molar-refractivity contribution in [2.45, 2.75) is 25.9 Å². The van der Waals surface area contributed by atoms with Crippen molar-refractivity contribution in [1.29, 1.82) is 0 Å². The van der Waals surface area contributed by atoms with Gasteiger partial charge in [0, 0.05) is 24.5 Å². The summed E-state index contributed by atoms with van der Waals surface area (Å²) >= 11 is 12.5. The quantitative estimate of drug-likeness (QED) is 0.317. The number of carbonyl (C=O) groups excluding carboxylic acids is 1. The van der Waals surface area contributed by atoms with Crippen molar-refractivity contribution in [3.05, 3.63) is 98.1 Å². The summed E-state index contributed by atoms with van der Waals surface area (Å²) in [5.41, 5.74) is 2.08. The number of ketones is 1. The first-order valence-corrected chi connectivity index (χ1v) is 12.3. The van der Waals surface area contributed by atoms with Crippen LogP contribution in [0.3, 0.4) is 0 Å². The van der Waals surface area contributed by atoms with Crippen LogP contribution in [0.2, 0.25) is 10.2 Å². The van der Waals surface area contributed by atoms with Crippen LogP contribution in [-0.2, 0) is 19.5 Å². The number of aromatic amines is 1. The molecule has 12 heteroatoms. The molecule has 9 nitrogen and oxygen atoms in total. The standard InChI is InChI=1S/C25H18Cl2FN7O2/c26-17-10-20-25(37)30-11-15(35(20)24(17)27)8-14-3-4-18(28)16(9-14)23(36)22-19(2-1-5-29-22)33-6-7-34-13-31-32-21(34)12-33/h1,3-5,9-11,13H,2,6-8,12H2/p+1.